The van der Waals surface area contributed by atoms with Gasteiger partial charge in [-0.05, 0) is 24.6 Å². The lowest BCUT2D eigenvalue weighted by molar-refractivity contribution is 0.0358. The fourth-order valence-electron chi connectivity index (χ4n) is 1.77. The van der Waals surface area contributed by atoms with Crippen molar-refractivity contribution < 1.29 is 9.47 Å². The van der Waals surface area contributed by atoms with Crippen LogP contribution in [0.2, 0.25) is 0 Å². The van der Waals surface area contributed by atoms with Crippen LogP contribution in [0.25, 0.3) is 0 Å². The van der Waals surface area contributed by atoms with Gasteiger partial charge in [0.05, 0.1) is 19.8 Å². The van der Waals surface area contributed by atoms with E-state index in [4.69, 9.17) is 9.47 Å². The Labute approximate surface area is 97.0 Å². The van der Waals surface area contributed by atoms with Crippen LogP contribution < -0.4 is 4.74 Å². The summed E-state index contributed by atoms with van der Waals surface area (Å²) in [6.45, 7) is 5.73. The van der Waals surface area contributed by atoms with Gasteiger partial charge in [-0.1, -0.05) is 12.1 Å². The molecule has 3 heteroatoms. The first-order valence-electron chi connectivity index (χ1n) is 5.84. The van der Waals surface area contributed by atoms with Crippen LogP contribution in [0.1, 0.15) is 6.42 Å². The molecule has 1 heterocycles. The number of hydrogen-bond donors (Lipinski definition) is 0. The number of benzene rings is 1. The molecule has 0 saturated carbocycles. The molecule has 87 valence electrons. The smallest absolute Gasteiger partial charge is 0.119 e. The summed E-state index contributed by atoms with van der Waals surface area (Å²) in [4.78, 5) is 2.42. The summed E-state index contributed by atoms with van der Waals surface area (Å²) in [6, 6.07) is 10.6. The van der Waals surface area contributed by atoms with Gasteiger partial charge in [-0.25, -0.2) is 0 Å². The molecule has 0 atom stereocenters. The summed E-state index contributed by atoms with van der Waals surface area (Å²) in [5.41, 5.74) is 0. The average molecular weight is 220 g/mol. The molecule has 16 heavy (non-hydrogen) atoms. The van der Waals surface area contributed by atoms with E-state index in [0.717, 1.165) is 51.6 Å². The van der Waals surface area contributed by atoms with E-state index in [1.807, 2.05) is 24.3 Å². The molecule has 0 N–H and O–H groups in total. The fourth-order valence-corrected chi connectivity index (χ4v) is 1.77. The van der Waals surface area contributed by atoms with Crippen LogP contribution in [-0.2, 0) is 4.74 Å². The van der Waals surface area contributed by atoms with Crippen molar-refractivity contribution in [2.75, 3.05) is 39.5 Å². The van der Waals surface area contributed by atoms with Crippen LogP contribution in [0.15, 0.2) is 24.3 Å². The molecule has 0 aromatic heterocycles. The van der Waals surface area contributed by atoms with E-state index < -0.39 is 0 Å². The maximum atomic E-state index is 5.62. The molecule has 1 radical (unpaired) electrons. The lowest BCUT2D eigenvalue weighted by Gasteiger charge is -2.26. The van der Waals surface area contributed by atoms with Crippen LogP contribution >= 0.6 is 0 Å². The normalized spacial score (nSPS) is 17.2. The van der Waals surface area contributed by atoms with E-state index in [-0.39, 0.29) is 0 Å². The van der Waals surface area contributed by atoms with Crippen molar-refractivity contribution in [2.24, 2.45) is 0 Å². The van der Waals surface area contributed by atoms with Gasteiger partial charge in [0.2, 0.25) is 0 Å². The zero-order valence-electron chi connectivity index (χ0n) is 9.52. The first-order chi connectivity index (χ1) is 7.95. The van der Waals surface area contributed by atoms with Crippen molar-refractivity contribution in [2.45, 2.75) is 6.42 Å². The summed E-state index contributed by atoms with van der Waals surface area (Å²) in [6.07, 6.45) is 1.07. The number of rotatable bonds is 5. The minimum Gasteiger partial charge on any atom is -0.494 e. The van der Waals surface area contributed by atoms with Gasteiger partial charge in [0, 0.05) is 19.6 Å². The summed E-state index contributed by atoms with van der Waals surface area (Å²) in [5.74, 6) is 0.931. The molecule has 0 spiro atoms. The Kier molecular flexibility index (Phi) is 4.65. The van der Waals surface area contributed by atoms with Crippen LogP contribution in [0, 0.1) is 6.07 Å². The van der Waals surface area contributed by atoms with E-state index in [0.29, 0.717) is 0 Å². The molecular formula is C13H18NO2. The molecule has 1 aliphatic rings. The summed E-state index contributed by atoms with van der Waals surface area (Å²) in [5, 5.41) is 0. The first-order valence-corrected chi connectivity index (χ1v) is 5.84. The van der Waals surface area contributed by atoms with E-state index in [1.165, 1.54) is 0 Å². The predicted octanol–water partition coefficient (Wildman–Crippen LogP) is 1.59. The fraction of sp³-hybridized carbons (Fsp3) is 0.538. The van der Waals surface area contributed by atoms with E-state index in [9.17, 15) is 0 Å². The Balaban J connectivity index is 1.58. The first kappa shape index (κ1) is 11.4. The third-order valence-corrected chi connectivity index (χ3v) is 2.68. The molecule has 3 nitrogen and oxygen atoms in total. The van der Waals surface area contributed by atoms with E-state index in [1.54, 1.807) is 0 Å². The largest absolute Gasteiger partial charge is 0.494 e. The van der Waals surface area contributed by atoms with Crippen LogP contribution in [0.3, 0.4) is 0 Å². The quantitative estimate of drug-likeness (QED) is 0.703. The molecule has 0 amide bonds. The highest BCUT2D eigenvalue weighted by Crippen LogP contribution is 2.08. The molecular weight excluding hydrogens is 202 g/mol. The highest BCUT2D eigenvalue weighted by molar-refractivity contribution is 5.20. The minimum absolute atomic E-state index is 0.779. The summed E-state index contributed by atoms with van der Waals surface area (Å²) < 4.78 is 10.9. The van der Waals surface area contributed by atoms with Gasteiger partial charge in [-0.3, -0.25) is 4.90 Å². The maximum absolute atomic E-state index is 5.62. The number of ether oxygens (including phenoxy) is 2. The summed E-state index contributed by atoms with van der Waals surface area (Å²) in [7, 11) is 0. The molecule has 1 aromatic carbocycles. The Morgan fingerprint density at radius 2 is 2.00 bits per heavy atom. The topological polar surface area (TPSA) is 21.7 Å². The lowest BCUT2D eigenvalue weighted by atomic mass is 10.3. The third-order valence-electron chi connectivity index (χ3n) is 2.68. The molecule has 1 fully saturated rings. The maximum Gasteiger partial charge on any atom is 0.119 e. The van der Waals surface area contributed by atoms with Gasteiger partial charge in [-0.2, -0.15) is 0 Å². The van der Waals surface area contributed by atoms with Gasteiger partial charge in [0.1, 0.15) is 5.75 Å². The van der Waals surface area contributed by atoms with Gasteiger partial charge in [-0.15, -0.1) is 0 Å². The minimum atomic E-state index is 0.779. The highest BCUT2D eigenvalue weighted by Gasteiger charge is 2.08. The van der Waals surface area contributed by atoms with Crippen molar-refractivity contribution in [3.05, 3.63) is 30.3 Å². The van der Waals surface area contributed by atoms with Gasteiger partial charge < -0.3 is 9.47 Å². The predicted molar refractivity (Wildman–Crippen MR) is 62.6 cm³/mol. The van der Waals surface area contributed by atoms with Crippen LogP contribution in [0.4, 0.5) is 0 Å². The second kappa shape index (κ2) is 6.51. The van der Waals surface area contributed by atoms with E-state index in [2.05, 4.69) is 11.0 Å². The SMILES string of the molecule is [c]1ccc(OCCCN2CCOCC2)cc1. The van der Waals surface area contributed by atoms with Crippen molar-refractivity contribution in [1.82, 2.24) is 4.90 Å². The highest BCUT2D eigenvalue weighted by atomic mass is 16.5. The zero-order valence-corrected chi connectivity index (χ0v) is 9.52. The van der Waals surface area contributed by atoms with Gasteiger partial charge in [0.15, 0.2) is 0 Å². The Hall–Kier alpha value is -1.06. The monoisotopic (exact) mass is 220 g/mol. The third kappa shape index (κ3) is 3.83. The molecule has 1 aliphatic heterocycles. The molecule has 0 bridgehead atoms. The Morgan fingerprint density at radius 3 is 2.75 bits per heavy atom. The van der Waals surface area contributed by atoms with E-state index >= 15 is 0 Å². The van der Waals surface area contributed by atoms with Crippen molar-refractivity contribution >= 4 is 0 Å². The lowest BCUT2D eigenvalue weighted by Crippen LogP contribution is -2.37. The van der Waals surface area contributed by atoms with Gasteiger partial charge in [0.25, 0.3) is 0 Å². The Bertz CT molecular complexity index is 283. The Morgan fingerprint density at radius 1 is 1.25 bits per heavy atom. The van der Waals surface area contributed by atoms with Gasteiger partial charge >= 0.3 is 0 Å². The molecule has 2 rings (SSSR count). The standard InChI is InChI=1S/C13H18NO2/c1-2-5-13(6-3-1)16-10-4-7-14-8-11-15-12-9-14/h2-3,5-6H,4,7-12H2. The number of morpholine rings is 1. The number of hydrogen-bond acceptors (Lipinski definition) is 3. The second-order valence-electron chi connectivity index (χ2n) is 3.89. The summed E-state index contributed by atoms with van der Waals surface area (Å²) >= 11 is 0. The average Bonchev–Trinajstić information content (AvgIpc) is 2.37. The van der Waals surface area contributed by atoms with Crippen molar-refractivity contribution in [1.29, 1.82) is 0 Å². The zero-order chi connectivity index (χ0) is 11.1. The molecule has 0 aliphatic carbocycles. The van der Waals surface area contributed by atoms with Crippen LogP contribution in [0.5, 0.6) is 5.75 Å². The number of nitrogens with zero attached hydrogens (tertiary/aromatic N) is 1. The molecule has 1 aromatic rings. The van der Waals surface area contributed by atoms with Crippen LogP contribution in [-0.4, -0.2) is 44.4 Å². The van der Waals surface area contributed by atoms with Crippen molar-refractivity contribution in [3.8, 4) is 5.75 Å². The van der Waals surface area contributed by atoms with Crippen molar-refractivity contribution in [3.63, 3.8) is 0 Å². The molecule has 0 unspecified atom stereocenters. The second-order valence-corrected chi connectivity index (χ2v) is 3.89. The molecule has 1 saturated heterocycles.